The fourth-order valence-electron chi connectivity index (χ4n) is 4.51. The summed E-state index contributed by atoms with van der Waals surface area (Å²) in [5, 5.41) is 0. The molecule has 2 amide bonds. The number of benzene rings is 2. The van der Waals surface area contributed by atoms with Crippen LogP contribution in [-0.4, -0.2) is 51.0 Å². The number of nitrogens with one attached hydrogen (secondary N) is 1. The summed E-state index contributed by atoms with van der Waals surface area (Å²) in [5.41, 5.74) is 3.89. The predicted octanol–water partition coefficient (Wildman–Crippen LogP) is 3.51. The van der Waals surface area contributed by atoms with Gasteiger partial charge in [0, 0.05) is 37.3 Å². The first-order valence-electron chi connectivity index (χ1n) is 11.0. The minimum atomic E-state index is -3.41. The lowest BCUT2D eigenvalue weighted by atomic mass is 9.89. The van der Waals surface area contributed by atoms with Gasteiger partial charge < -0.3 is 9.80 Å². The van der Waals surface area contributed by atoms with E-state index in [9.17, 15) is 18.0 Å². The molecule has 2 aliphatic heterocycles. The van der Waals surface area contributed by atoms with Crippen LogP contribution in [0.2, 0.25) is 0 Å². The quantitative estimate of drug-likeness (QED) is 0.747. The van der Waals surface area contributed by atoms with Gasteiger partial charge in [-0.2, -0.15) is 0 Å². The van der Waals surface area contributed by atoms with E-state index >= 15 is 0 Å². The molecule has 2 heterocycles. The highest BCUT2D eigenvalue weighted by Crippen LogP contribution is 2.31. The molecule has 2 saturated heterocycles. The maximum absolute atomic E-state index is 13.0. The highest BCUT2D eigenvalue weighted by Gasteiger charge is 2.26. The topological polar surface area (TPSA) is 86.8 Å². The van der Waals surface area contributed by atoms with Gasteiger partial charge in [-0.05, 0) is 67.5 Å². The van der Waals surface area contributed by atoms with Crippen molar-refractivity contribution < 1.29 is 18.0 Å². The third-order valence-electron chi connectivity index (χ3n) is 6.31. The lowest BCUT2D eigenvalue weighted by Gasteiger charge is -2.32. The molecule has 0 radical (unpaired) electrons. The van der Waals surface area contributed by atoms with E-state index in [2.05, 4.69) is 16.9 Å². The number of carbonyl (C=O) groups is 2. The number of rotatable bonds is 5. The Morgan fingerprint density at radius 2 is 1.72 bits per heavy atom. The maximum Gasteiger partial charge on any atom is 0.253 e. The monoisotopic (exact) mass is 455 g/mol. The molecule has 2 aromatic carbocycles. The van der Waals surface area contributed by atoms with Crippen molar-refractivity contribution in [2.75, 3.05) is 35.5 Å². The van der Waals surface area contributed by atoms with Crippen molar-refractivity contribution in [3.05, 3.63) is 59.2 Å². The highest BCUT2D eigenvalue weighted by molar-refractivity contribution is 7.92. The molecule has 0 spiro atoms. The van der Waals surface area contributed by atoms with Gasteiger partial charge in [-0.1, -0.05) is 18.2 Å². The van der Waals surface area contributed by atoms with E-state index in [0.717, 1.165) is 43.3 Å². The molecule has 0 aliphatic carbocycles. The molecular weight excluding hydrogens is 426 g/mol. The van der Waals surface area contributed by atoms with Crippen molar-refractivity contribution in [3.8, 4) is 0 Å². The molecular formula is C24H29N3O4S. The van der Waals surface area contributed by atoms with Crippen molar-refractivity contribution >= 4 is 33.2 Å². The molecule has 8 heteroatoms. The minimum Gasteiger partial charge on any atom is -0.339 e. The lowest BCUT2D eigenvalue weighted by molar-refractivity contribution is -0.117. The predicted molar refractivity (Wildman–Crippen MR) is 126 cm³/mol. The number of carbonyl (C=O) groups excluding carboxylic acids is 2. The molecule has 0 unspecified atom stereocenters. The number of nitrogens with zero attached hydrogens (tertiary/aromatic N) is 2. The zero-order valence-electron chi connectivity index (χ0n) is 18.5. The minimum absolute atomic E-state index is 0.0807. The molecule has 0 atom stereocenters. The number of anilines is 2. The fourth-order valence-corrected chi connectivity index (χ4v) is 5.13. The summed E-state index contributed by atoms with van der Waals surface area (Å²) in [6, 6.07) is 13.4. The number of amides is 2. The van der Waals surface area contributed by atoms with Gasteiger partial charge in [-0.15, -0.1) is 0 Å². The Balaban J connectivity index is 1.39. The van der Waals surface area contributed by atoms with Crippen LogP contribution >= 0.6 is 0 Å². The van der Waals surface area contributed by atoms with Crippen molar-refractivity contribution in [3.63, 3.8) is 0 Å². The number of sulfonamides is 1. The summed E-state index contributed by atoms with van der Waals surface area (Å²) >= 11 is 0. The van der Waals surface area contributed by atoms with Gasteiger partial charge in [0.25, 0.3) is 5.91 Å². The van der Waals surface area contributed by atoms with Crippen LogP contribution in [-0.2, 0) is 14.8 Å². The van der Waals surface area contributed by atoms with Crippen molar-refractivity contribution in [1.29, 1.82) is 0 Å². The summed E-state index contributed by atoms with van der Waals surface area (Å²) < 4.78 is 25.7. The second-order valence-corrected chi connectivity index (χ2v) is 10.5. The highest BCUT2D eigenvalue weighted by atomic mass is 32.2. The molecule has 2 aliphatic rings. The molecule has 32 heavy (non-hydrogen) atoms. The van der Waals surface area contributed by atoms with Crippen LogP contribution in [0.5, 0.6) is 0 Å². The fraction of sp³-hybridized carbons (Fsp3) is 0.417. The van der Waals surface area contributed by atoms with Crippen molar-refractivity contribution in [1.82, 2.24) is 4.90 Å². The normalized spacial score (nSPS) is 17.6. The molecule has 7 nitrogen and oxygen atoms in total. The zero-order chi connectivity index (χ0) is 22.9. The number of hydrogen-bond donors (Lipinski definition) is 1. The lowest BCUT2D eigenvalue weighted by Crippen LogP contribution is -2.38. The SMILES string of the molecule is Cc1ccc(C(=O)N2CCC(c3ccc(N4CCCC4=O)cc3)CC2)cc1NS(C)(=O)=O. The van der Waals surface area contributed by atoms with Crippen LogP contribution in [0.15, 0.2) is 42.5 Å². The average molecular weight is 456 g/mol. The summed E-state index contributed by atoms with van der Waals surface area (Å²) in [5.74, 6) is 0.487. The summed E-state index contributed by atoms with van der Waals surface area (Å²) in [7, 11) is -3.41. The van der Waals surface area contributed by atoms with Crippen molar-refractivity contribution in [2.45, 2.75) is 38.5 Å². The van der Waals surface area contributed by atoms with Crippen LogP contribution in [0.3, 0.4) is 0 Å². The standard InChI is InChI=1S/C24H29N3O4S/c1-17-5-6-20(16-22(17)25-32(2,30)31)24(29)26-14-11-19(12-15-26)18-7-9-21(10-8-18)27-13-3-4-23(27)28/h5-10,16,19,25H,3-4,11-15H2,1-2H3. The van der Waals surface area contributed by atoms with Gasteiger partial charge in [0.1, 0.15) is 0 Å². The molecule has 0 saturated carbocycles. The third kappa shape index (κ3) is 4.96. The Labute approximate surface area is 189 Å². The summed E-state index contributed by atoms with van der Waals surface area (Å²) in [6.45, 7) is 3.90. The molecule has 2 fully saturated rings. The molecule has 2 aromatic rings. The number of likely N-dealkylation sites (tertiary alicyclic amines) is 1. The Kier molecular flexibility index (Phi) is 6.24. The molecule has 4 rings (SSSR count). The first-order valence-corrected chi connectivity index (χ1v) is 12.9. The van der Waals surface area contributed by atoms with Crippen molar-refractivity contribution in [2.24, 2.45) is 0 Å². The van der Waals surface area contributed by atoms with Gasteiger partial charge in [0.05, 0.1) is 11.9 Å². The van der Waals surface area contributed by atoms with E-state index in [0.29, 0.717) is 36.7 Å². The third-order valence-corrected chi connectivity index (χ3v) is 6.90. The van der Waals surface area contributed by atoms with Gasteiger partial charge >= 0.3 is 0 Å². The van der Waals surface area contributed by atoms with Gasteiger partial charge in [0.15, 0.2) is 0 Å². The summed E-state index contributed by atoms with van der Waals surface area (Å²) in [6.07, 6.45) is 4.38. The number of hydrogen-bond acceptors (Lipinski definition) is 4. The van der Waals surface area contributed by atoms with Gasteiger partial charge in [-0.25, -0.2) is 8.42 Å². The Hall–Kier alpha value is -2.87. The molecule has 170 valence electrons. The van der Waals surface area contributed by atoms with Crippen LogP contribution in [0, 0.1) is 6.92 Å². The second-order valence-electron chi connectivity index (χ2n) is 8.71. The van der Waals surface area contributed by atoms with Crippen LogP contribution in [0.4, 0.5) is 11.4 Å². The van der Waals surface area contributed by atoms with E-state index in [4.69, 9.17) is 0 Å². The van der Waals surface area contributed by atoms with E-state index < -0.39 is 10.0 Å². The van der Waals surface area contributed by atoms with E-state index in [1.807, 2.05) is 21.9 Å². The molecule has 0 aromatic heterocycles. The second kappa shape index (κ2) is 8.94. The maximum atomic E-state index is 13.0. The first-order chi connectivity index (χ1) is 15.2. The van der Waals surface area contributed by atoms with Crippen LogP contribution in [0.1, 0.15) is 53.1 Å². The van der Waals surface area contributed by atoms with Crippen LogP contribution < -0.4 is 9.62 Å². The van der Waals surface area contributed by atoms with E-state index in [1.165, 1.54) is 5.56 Å². The molecule has 1 N–H and O–H groups in total. The first kappa shape index (κ1) is 22.3. The van der Waals surface area contributed by atoms with E-state index in [1.54, 1.807) is 25.1 Å². The van der Waals surface area contributed by atoms with Gasteiger partial charge in [-0.3, -0.25) is 14.3 Å². The summed E-state index contributed by atoms with van der Waals surface area (Å²) in [4.78, 5) is 28.6. The van der Waals surface area contributed by atoms with Gasteiger partial charge in [0.2, 0.25) is 15.9 Å². The van der Waals surface area contributed by atoms with E-state index in [-0.39, 0.29) is 11.8 Å². The zero-order valence-corrected chi connectivity index (χ0v) is 19.3. The Morgan fingerprint density at radius 1 is 1.03 bits per heavy atom. The largest absolute Gasteiger partial charge is 0.339 e. The number of piperidine rings is 1. The molecule has 0 bridgehead atoms. The average Bonchev–Trinajstić information content (AvgIpc) is 3.20. The smallest absolute Gasteiger partial charge is 0.253 e. The van der Waals surface area contributed by atoms with Crippen LogP contribution in [0.25, 0.3) is 0 Å². The Bertz CT molecular complexity index is 1120. The Morgan fingerprint density at radius 3 is 2.31 bits per heavy atom. The number of aryl methyl sites for hydroxylation is 1.